The predicted octanol–water partition coefficient (Wildman–Crippen LogP) is 11.1. The number of nitriles is 1. The van der Waals surface area contributed by atoms with Crippen LogP contribution in [0.3, 0.4) is 0 Å². The third-order valence-electron chi connectivity index (χ3n) is 9.14. The Morgan fingerprint density at radius 2 is 0.891 bits per heavy atom. The van der Waals surface area contributed by atoms with E-state index in [9.17, 15) is 5.26 Å². The van der Waals surface area contributed by atoms with Crippen LogP contribution in [-0.2, 0) is 0 Å². The lowest BCUT2D eigenvalue weighted by atomic mass is 9.97. The topological polar surface area (TPSA) is 33.6 Å². The van der Waals surface area contributed by atoms with Gasteiger partial charge in [0.25, 0.3) is 0 Å². The zero-order chi connectivity index (χ0) is 30.6. The lowest BCUT2D eigenvalue weighted by Gasteiger charge is -2.13. The molecule has 2 aromatic heterocycles. The molecule has 3 nitrogen and oxygen atoms in total. The van der Waals surface area contributed by atoms with E-state index in [1.54, 1.807) is 0 Å². The van der Waals surface area contributed by atoms with Gasteiger partial charge in [-0.15, -0.1) is 0 Å². The summed E-state index contributed by atoms with van der Waals surface area (Å²) < 4.78 is 4.64. The van der Waals surface area contributed by atoms with Crippen LogP contribution in [0.15, 0.2) is 164 Å². The SMILES string of the molecule is N#Cc1ccc(-c2cccc(-c3ccccc3)c2)cc1-n1c2ccccc2c2cc3c(cc21)c1ccccc1n3-c1ccccc1. The summed E-state index contributed by atoms with van der Waals surface area (Å²) in [4.78, 5) is 0. The molecule has 0 aliphatic carbocycles. The number of benzene rings is 7. The monoisotopic (exact) mass is 585 g/mol. The molecule has 0 atom stereocenters. The first-order valence-corrected chi connectivity index (χ1v) is 15.5. The maximum atomic E-state index is 10.4. The molecule has 0 aliphatic heterocycles. The average molecular weight is 586 g/mol. The minimum atomic E-state index is 0.637. The van der Waals surface area contributed by atoms with Crippen LogP contribution in [0.4, 0.5) is 0 Å². The van der Waals surface area contributed by atoms with Gasteiger partial charge in [0.15, 0.2) is 0 Å². The molecule has 0 bridgehead atoms. The summed E-state index contributed by atoms with van der Waals surface area (Å²) in [6, 6.07) is 60.1. The van der Waals surface area contributed by atoms with Crippen LogP contribution in [0.2, 0.25) is 0 Å². The van der Waals surface area contributed by atoms with Crippen molar-refractivity contribution >= 4 is 43.6 Å². The molecular formula is C43H27N3. The van der Waals surface area contributed by atoms with Gasteiger partial charge >= 0.3 is 0 Å². The molecule has 46 heavy (non-hydrogen) atoms. The zero-order valence-electron chi connectivity index (χ0n) is 24.9. The zero-order valence-corrected chi connectivity index (χ0v) is 24.9. The second-order valence-corrected chi connectivity index (χ2v) is 11.7. The van der Waals surface area contributed by atoms with Crippen LogP contribution in [0.25, 0.3) is 77.2 Å². The van der Waals surface area contributed by atoms with Gasteiger partial charge in [-0.3, -0.25) is 0 Å². The molecule has 214 valence electrons. The summed E-state index contributed by atoms with van der Waals surface area (Å²) in [6.45, 7) is 0. The summed E-state index contributed by atoms with van der Waals surface area (Å²) in [6.07, 6.45) is 0. The first-order valence-electron chi connectivity index (χ1n) is 15.5. The number of hydrogen-bond donors (Lipinski definition) is 0. The second-order valence-electron chi connectivity index (χ2n) is 11.7. The molecule has 0 amide bonds. The van der Waals surface area contributed by atoms with Crippen molar-refractivity contribution in [2.45, 2.75) is 0 Å². The smallest absolute Gasteiger partial charge is 0.101 e. The Bertz CT molecular complexity index is 2630. The minimum Gasteiger partial charge on any atom is -0.309 e. The predicted molar refractivity (Wildman–Crippen MR) is 191 cm³/mol. The summed E-state index contributed by atoms with van der Waals surface area (Å²) in [5, 5.41) is 15.1. The van der Waals surface area contributed by atoms with E-state index < -0.39 is 0 Å². The number of aromatic nitrogens is 2. The highest BCUT2D eigenvalue weighted by molar-refractivity contribution is 6.19. The first-order chi connectivity index (χ1) is 22.8. The van der Waals surface area contributed by atoms with Crippen LogP contribution in [0, 0.1) is 11.3 Å². The fourth-order valence-corrected chi connectivity index (χ4v) is 7.05. The molecule has 0 unspecified atom stereocenters. The molecule has 0 saturated heterocycles. The molecule has 0 fully saturated rings. The van der Waals surface area contributed by atoms with Crippen molar-refractivity contribution < 1.29 is 0 Å². The van der Waals surface area contributed by atoms with Gasteiger partial charge in [-0.2, -0.15) is 5.26 Å². The average Bonchev–Trinajstić information content (AvgIpc) is 3.63. The maximum Gasteiger partial charge on any atom is 0.101 e. The molecule has 9 aromatic rings. The molecule has 9 rings (SSSR count). The van der Waals surface area contributed by atoms with Crippen LogP contribution in [-0.4, -0.2) is 9.13 Å². The lowest BCUT2D eigenvalue weighted by molar-refractivity contribution is 1.17. The highest BCUT2D eigenvalue weighted by Gasteiger charge is 2.20. The number of nitrogens with zero attached hydrogens (tertiary/aromatic N) is 3. The second kappa shape index (κ2) is 10.4. The summed E-state index contributed by atoms with van der Waals surface area (Å²) in [7, 11) is 0. The van der Waals surface area contributed by atoms with Crippen LogP contribution in [0.1, 0.15) is 5.56 Å². The van der Waals surface area contributed by atoms with Crippen molar-refractivity contribution in [1.82, 2.24) is 9.13 Å². The fraction of sp³-hybridized carbons (Fsp3) is 0. The number of fused-ring (bicyclic) bond motifs is 6. The summed E-state index contributed by atoms with van der Waals surface area (Å²) >= 11 is 0. The quantitative estimate of drug-likeness (QED) is 0.202. The van der Waals surface area contributed by atoms with Crippen molar-refractivity contribution in [1.29, 1.82) is 5.26 Å². The summed E-state index contributed by atoms with van der Waals surface area (Å²) in [5.41, 5.74) is 11.7. The Morgan fingerprint density at radius 1 is 0.370 bits per heavy atom. The van der Waals surface area contributed by atoms with Crippen molar-refractivity contribution in [3.05, 3.63) is 169 Å². The van der Waals surface area contributed by atoms with Gasteiger partial charge in [-0.1, -0.05) is 109 Å². The largest absolute Gasteiger partial charge is 0.309 e. The highest BCUT2D eigenvalue weighted by Crippen LogP contribution is 2.40. The molecule has 0 saturated carbocycles. The van der Waals surface area contributed by atoms with Crippen molar-refractivity contribution in [3.63, 3.8) is 0 Å². The van der Waals surface area contributed by atoms with Crippen LogP contribution >= 0.6 is 0 Å². The van der Waals surface area contributed by atoms with E-state index in [1.807, 2.05) is 12.1 Å². The fourth-order valence-electron chi connectivity index (χ4n) is 7.05. The maximum absolute atomic E-state index is 10.4. The Labute approximate surface area is 266 Å². The number of rotatable bonds is 4. The van der Waals surface area contributed by atoms with E-state index in [0.717, 1.165) is 55.4 Å². The molecule has 7 aromatic carbocycles. The molecule has 0 radical (unpaired) electrons. The van der Waals surface area contributed by atoms with Gasteiger partial charge in [-0.25, -0.2) is 0 Å². The molecule has 0 aliphatic rings. The Morgan fingerprint density at radius 3 is 1.57 bits per heavy atom. The van der Waals surface area contributed by atoms with E-state index >= 15 is 0 Å². The molecule has 3 heteroatoms. The van der Waals surface area contributed by atoms with Gasteiger partial charge in [0, 0.05) is 27.2 Å². The van der Waals surface area contributed by atoms with Gasteiger partial charge in [0.05, 0.1) is 33.3 Å². The van der Waals surface area contributed by atoms with E-state index in [2.05, 4.69) is 167 Å². The lowest BCUT2D eigenvalue weighted by Crippen LogP contribution is -1.98. The number of para-hydroxylation sites is 3. The van der Waals surface area contributed by atoms with Gasteiger partial charge < -0.3 is 9.13 Å². The minimum absolute atomic E-state index is 0.637. The van der Waals surface area contributed by atoms with Crippen molar-refractivity contribution in [2.75, 3.05) is 0 Å². The standard InChI is InChI=1S/C43H27N3/c44-28-33-23-22-32(31-15-11-14-30(24-31)29-12-3-1-4-13-29)25-41(33)46-40-21-10-8-19-36(40)38-26-42-37(27-43(38)46)35-18-7-9-20-39(35)45(42)34-16-5-2-6-17-34/h1-27H. The molecular weight excluding hydrogens is 558 g/mol. The summed E-state index contributed by atoms with van der Waals surface area (Å²) in [5.74, 6) is 0. The van der Waals surface area contributed by atoms with Gasteiger partial charge in [0.1, 0.15) is 6.07 Å². The normalized spacial score (nSPS) is 11.5. The Hall–Kier alpha value is -6.37. The third kappa shape index (κ3) is 3.98. The van der Waals surface area contributed by atoms with Crippen molar-refractivity contribution in [2.24, 2.45) is 0 Å². The van der Waals surface area contributed by atoms with E-state index in [4.69, 9.17) is 0 Å². The highest BCUT2D eigenvalue weighted by atomic mass is 15.0. The number of hydrogen-bond acceptors (Lipinski definition) is 1. The first kappa shape index (κ1) is 26.1. The van der Waals surface area contributed by atoms with Crippen LogP contribution in [0.5, 0.6) is 0 Å². The van der Waals surface area contributed by atoms with Gasteiger partial charge in [-0.05, 0) is 76.9 Å². The van der Waals surface area contributed by atoms with Gasteiger partial charge in [0.2, 0.25) is 0 Å². The van der Waals surface area contributed by atoms with E-state index in [-0.39, 0.29) is 0 Å². The third-order valence-corrected chi connectivity index (χ3v) is 9.14. The van der Waals surface area contributed by atoms with Crippen LogP contribution < -0.4 is 0 Å². The Kier molecular flexibility index (Phi) is 5.88. The molecule has 0 spiro atoms. The van der Waals surface area contributed by atoms with E-state index in [0.29, 0.717) is 5.56 Å². The van der Waals surface area contributed by atoms with E-state index in [1.165, 1.54) is 21.9 Å². The molecule has 2 heterocycles. The molecule has 0 N–H and O–H groups in total. The van der Waals surface area contributed by atoms with Crippen molar-refractivity contribution in [3.8, 4) is 39.7 Å². The Balaban J connectivity index is 1.33.